The van der Waals surface area contributed by atoms with Gasteiger partial charge in [0.05, 0.1) is 12.0 Å². The van der Waals surface area contributed by atoms with Gasteiger partial charge in [-0.15, -0.1) is 0 Å². The Morgan fingerprint density at radius 3 is 2.36 bits per heavy atom. The second-order valence-corrected chi connectivity index (χ2v) is 8.49. The topological polar surface area (TPSA) is 121 Å². The van der Waals surface area contributed by atoms with E-state index in [9.17, 15) is 13.2 Å². The highest BCUT2D eigenvalue weighted by Crippen LogP contribution is 2.14. The molecule has 0 amide bonds. The first-order chi connectivity index (χ1) is 13.4. The van der Waals surface area contributed by atoms with Crippen molar-refractivity contribution in [1.29, 1.82) is 0 Å². The van der Waals surface area contributed by atoms with Crippen LogP contribution in [0.5, 0.6) is 0 Å². The summed E-state index contributed by atoms with van der Waals surface area (Å²) in [5.41, 5.74) is 9.54. The second kappa shape index (κ2) is 13.1. The Labute approximate surface area is 167 Å². The second-order valence-electron chi connectivity index (χ2n) is 6.78. The Morgan fingerprint density at radius 2 is 1.75 bits per heavy atom. The van der Waals surface area contributed by atoms with Crippen LogP contribution >= 0.6 is 0 Å². The number of nitrogens with zero attached hydrogens (tertiary/aromatic N) is 3. The number of carbonyl (C=O) groups excluding carboxylic acids is 1. The van der Waals surface area contributed by atoms with Gasteiger partial charge in [-0.05, 0) is 37.4 Å². The van der Waals surface area contributed by atoms with E-state index in [2.05, 4.69) is 19.5 Å². The molecule has 8 nitrogen and oxygen atoms in total. The van der Waals surface area contributed by atoms with Gasteiger partial charge in [-0.3, -0.25) is 4.79 Å². The maximum Gasteiger partial charge on any atom is 0.305 e. The largest absolute Gasteiger partial charge is 0.469 e. The quantitative estimate of drug-likeness (QED) is 0.162. The van der Waals surface area contributed by atoms with E-state index in [0.29, 0.717) is 12.8 Å². The number of esters is 1. The minimum Gasteiger partial charge on any atom is -0.469 e. The smallest absolute Gasteiger partial charge is 0.305 e. The van der Waals surface area contributed by atoms with Crippen LogP contribution < -0.4 is 4.72 Å². The van der Waals surface area contributed by atoms with Crippen molar-refractivity contribution < 1.29 is 17.9 Å². The van der Waals surface area contributed by atoms with Gasteiger partial charge in [-0.1, -0.05) is 54.9 Å². The van der Waals surface area contributed by atoms with E-state index in [4.69, 9.17) is 5.53 Å². The van der Waals surface area contributed by atoms with Crippen molar-refractivity contribution in [2.75, 3.05) is 13.7 Å². The van der Waals surface area contributed by atoms with Crippen LogP contribution in [-0.2, 0) is 19.6 Å². The molecule has 1 aromatic rings. The van der Waals surface area contributed by atoms with E-state index in [1.807, 2.05) is 6.92 Å². The van der Waals surface area contributed by atoms with Crippen LogP contribution in [0.4, 0.5) is 0 Å². The third kappa shape index (κ3) is 9.73. The van der Waals surface area contributed by atoms with Crippen molar-refractivity contribution in [3.63, 3.8) is 0 Å². The fourth-order valence-electron chi connectivity index (χ4n) is 2.80. The molecular formula is C19H30N4O4S. The van der Waals surface area contributed by atoms with Gasteiger partial charge in [-0.25, -0.2) is 13.1 Å². The average Bonchev–Trinajstić information content (AvgIpc) is 2.67. The zero-order valence-electron chi connectivity index (χ0n) is 16.6. The van der Waals surface area contributed by atoms with E-state index in [0.717, 1.165) is 44.1 Å². The monoisotopic (exact) mass is 410 g/mol. The number of carbonyl (C=O) groups is 1. The molecule has 9 heteroatoms. The number of benzene rings is 1. The van der Waals surface area contributed by atoms with Crippen LogP contribution in [0.2, 0.25) is 0 Å². The summed E-state index contributed by atoms with van der Waals surface area (Å²) in [6, 6.07) is 6.20. The summed E-state index contributed by atoms with van der Waals surface area (Å²) in [6.45, 7) is 1.98. The number of rotatable bonds is 14. The number of aryl methyl sites for hydroxylation is 1. The number of sulfonamides is 1. The van der Waals surface area contributed by atoms with Crippen LogP contribution in [0.15, 0.2) is 34.3 Å². The number of hydrogen-bond donors (Lipinski definition) is 1. The van der Waals surface area contributed by atoms with Gasteiger partial charge >= 0.3 is 5.97 Å². The summed E-state index contributed by atoms with van der Waals surface area (Å²) in [5, 5.41) is 3.54. The molecule has 1 aromatic carbocycles. The average molecular weight is 411 g/mol. The lowest BCUT2D eigenvalue weighted by Gasteiger charge is -2.17. The predicted octanol–water partition coefficient (Wildman–Crippen LogP) is 4.25. The Hall–Kier alpha value is -2.09. The van der Waals surface area contributed by atoms with E-state index in [1.54, 1.807) is 24.3 Å². The standard InChI is InChI=1S/C19H30N4O4S/c1-16-11-13-18(14-12-16)28(25,26)22-17(15-21-23-20)9-7-5-3-4-6-8-10-19(24)27-2/h11-14,17,22H,3-10,15H2,1-2H3. The molecule has 28 heavy (non-hydrogen) atoms. The van der Waals surface area contributed by atoms with Gasteiger partial charge in [0.25, 0.3) is 0 Å². The molecule has 0 aromatic heterocycles. The van der Waals surface area contributed by atoms with E-state index < -0.39 is 16.1 Å². The summed E-state index contributed by atoms with van der Waals surface area (Å²) < 4.78 is 32.3. The number of azide groups is 1. The molecule has 1 rings (SSSR count). The number of unbranched alkanes of at least 4 members (excludes halogenated alkanes) is 5. The van der Waals surface area contributed by atoms with E-state index in [-0.39, 0.29) is 17.4 Å². The maximum absolute atomic E-state index is 12.5. The lowest BCUT2D eigenvalue weighted by Crippen LogP contribution is -2.36. The van der Waals surface area contributed by atoms with E-state index >= 15 is 0 Å². The van der Waals surface area contributed by atoms with Gasteiger partial charge in [-0.2, -0.15) is 0 Å². The number of ether oxygens (including phenoxy) is 1. The minimum absolute atomic E-state index is 0.0840. The Kier molecular flexibility index (Phi) is 11.2. The molecule has 1 unspecified atom stereocenters. The third-order valence-electron chi connectivity index (χ3n) is 4.43. The van der Waals surface area contributed by atoms with Crippen molar-refractivity contribution in [2.45, 2.75) is 69.2 Å². The zero-order valence-corrected chi connectivity index (χ0v) is 17.5. The first-order valence-electron chi connectivity index (χ1n) is 9.55. The molecule has 0 aliphatic heterocycles. The Bertz CT molecular complexity index is 744. The summed E-state index contributed by atoms with van der Waals surface area (Å²) in [7, 11) is -2.26. The SMILES string of the molecule is COC(=O)CCCCCCCCC(CN=[N+]=[N-])NS(=O)(=O)c1ccc(C)cc1. The molecule has 0 fully saturated rings. The number of nitrogens with one attached hydrogen (secondary N) is 1. The molecule has 0 spiro atoms. The van der Waals surface area contributed by atoms with Crippen LogP contribution in [0.1, 0.15) is 56.9 Å². The minimum atomic E-state index is -3.65. The summed E-state index contributed by atoms with van der Waals surface area (Å²) >= 11 is 0. The predicted molar refractivity (Wildman–Crippen MR) is 108 cm³/mol. The first-order valence-corrected chi connectivity index (χ1v) is 11.0. The van der Waals surface area contributed by atoms with Crippen molar-refractivity contribution in [3.05, 3.63) is 40.3 Å². The van der Waals surface area contributed by atoms with Gasteiger partial charge in [0.2, 0.25) is 10.0 Å². The molecular weight excluding hydrogens is 380 g/mol. The summed E-state index contributed by atoms with van der Waals surface area (Å²) in [5.74, 6) is -0.179. The molecule has 0 bridgehead atoms. The van der Waals surface area contributed by atoms with Crippen molar-refractivity contribution in [2.24, 2.45) is 5.11 Å². The summed E-state index contributed by atoms with van der Waals surface area (Å²) in [6.07, 6.45) is 6.67. The molecule has 0 aliphatic carbocycles. The van der Waals surface area contributed by atoms with Crippen LogP contribution in [0.25, 0.3) is 10.4 Å². The lowest BCUT2D eigenvalue weighted by atomic mass is 10.1. The molecule has 1 atom stereocenters. The highest BCUT2D eigenvalue weighted by atomic mass is 32.2. The van der Waals surface area contributed by atoms with E-state index in [1.165, 1.54) is 7.11 Å². The fraction of sp³-hybridized carbons (Fsp3) is 0.632. The molecule has 0 radical (unpaired) electrons. The molecule has 0 saturated heterocycles. The molecule has 0 heterocycles. The number of methoxy groups -OCH3 is 1. The van der Waals surface area contributed by atoms with Crippen molar-refractivity contribution in [1.82, 2.24) is 4.72 Å². The van der Waals surface area contributed by atoms with Crippen LogP contribution in [0, 0.1) is 6.92 Å². The Balaban J connectivity index is 2.41. The highest BCUT2D eigenvalue weighted by molar-refractivity contribution is 7.89. The van der Waals surface area contributed by atoms with Gasteiger partial charge in [0.15, 0.2) is 0 Å². The molecule has 0 aliphatic rings. The maximum atomic E-state index is 12.5. The van der Waals surface area contributed by atoms with Crippen molar-refractivity contribution in [3.8, 4) is 0 Å². The zero-order chi connectivity index (χ0) is 20.8. The normalized spacial score (nSPS) is 12.2. The first kappa shape index (κ1) is 23.9. The Morgan fingerprint density at radius 1 is 1.14 bits per heavy atom. The van der Waals surface area contributed by atoms with Crippen LogP contribution in [0.3, 0.4) is 0 Å². The summed E-state index contributed by atoms with van der Waals surface area (Å²) in [4.78, 5) is 14.0. The molecule has 156 valence electrons. The fourth-order valence-corrected chi connectivity index (χ4v) is 4.06. The third-order valence-corrected chi connectivity index (χ3v) is 5.97. The van der Waals surface area contributed by atoms with Gasteiger partial charge in [0.1, 0.15) is 0 Å². The number of hydrogen-bond acceptors (Lipinski definition) is 5. The highest BCUT2D eigenvalue weighted by Gasteiger charge is 2.19. The van der Waals surface area contributed by atoms with Gasteiger partial charge in [0, 0.05) is 23.9 Å². The molecule has 1 N–H and O–H groups in total. The van der Waals surface area contributed by atoms with Gasteiger partial charge < -0.3 is 4.74 Å². The lowest BCUT2D eigenvalue weighted by molar-refractivity contribution is -0.140. The molecule has 0 saturated carbocycles. The van der Waals surface area contributed by atoms with Crippen LogP contribution in [-0.4, -0.2) is 34.1 Å². The van der Waals surface area contributed by atoms with Crippen molar-refractivity contribution >= 4 is 16.0 Å².